The van der Waals surface area contributed by atoms with Crippen molar-refractivity contribution < 1.29 is 13.7 Å². The van der Waals surface area contributed by atoms with Crippen molar-refractivity contribution in [3.8, 4) is 0 Å². The summed E-state index contributed by atoms with van der Waals surface area (Å²) in [5, 5.41) is 10.0. The van der Waals surface area contributed by atoms with Gasteiger partial charge in [0, 0.05) is 18.6 Å². The molecule has 0 radical (unpaired) electrons. The topological polar surface area (TPSA) is 43.1 Å². The fraction of sp³-hybridized carbons (Fsp3) is 0.200. The smallest absolute Gasteiger partial charge is 0.259 e. The Balaban J connectivity index is 2.98. The first-order valence-electron chi connectivity index (χ1n) is 4.19. The summed E-state index contributed by atoms with van der Waals surface area (Å²) in [6, 6.07) is 5.46. The zero-order valence-electron chi connectivity index (χ0n) is 7.98. The minimum absolute atomic E-state index is 0.159. The minimum Gasteiger partial charge on any atom is -0.259 e. The number of hydrogen-bond acceptors (Lipinski definition) is 2. The molecule has 0 aromatic heterocycles. The van der Waals surface area contributed by atoms with Gasteiger partial charge in [-0.1, -0.05) is 18.2 Å². The van der Waals surface area contributed by atoms with Crippen molar-refractivity contribution in [2.75, 3.05) is 0 Å². The molecule has 0 aliphatic heterocycles. The average molecular weight is 213 g/mol. The van der Waals surface area contributed by atoms with Gasteiger partial charge in [-0.3, -0.25) is 10.1 Å². The lowest BCUT2D eigenvalue weighted by Crippen LogP contribution is -2.06. The van der Waals surface area contributed by atoms with Crippen LogP contribution in [0.1, 0.15) is 18.1 Å². The predicted molar refractivity (Wildman–Crippen MR) is 52.0 cm³/mol. The number of hydrogen-bond donors (Lipinski definition) is 0. The van der Waals surface area contributed by atoms with E-state index in [1.807, 2.05) is 0 Å². The van der Waals surface area contributed by atoms with Crippen LogP contribution in [0.15, 0.2) is 30.5 Å². The number of alkyl halides is 2. The van der Waals surface area contributed by atoms with Crippen LogP contribution in [-0.2, 0) is 5.92 Å². The van der Waals surface area contributed by atoms with E-state index < -0.39 is 10.8 Å². The van der Waals surface area contributed by atoms with E-state index in [-0.39, 0.29) is 5.56 Å². The van der Waals surface area contributed by atoms with Gasteiger partial charge in [0.05, 0.1) is 4.92 Å². The number of nitro groups is 1. The Bertz CT molecular complexity index is 397. The van der Waals surface area contributed by atoms with E-state index in [9.17, 15) is 18.9 Å². The van der Waals surface area contributed by atoms with Crippen molar-refractivity contribution in [3.63, 3.8) is 0 Å². The second-order valence-electron chi connectivity index (χ2n) is 3.11. The van der Waals surface area contributed by atoms with Crippen molar-refractivity contribution in [1.82, 2.24) is 0 Å². The first-order chi connectivity index (χ1) is 6.89. The van der Waals surface area contributed by atoms with Gasteiger partial charge in [-0.2, -0.15) is 0 Å². The van der Waals surface area contributed by atoms with Crippen molar-refractivity contribution in [2.24, 2.45) is 0 Å². The standard InChI is InChI=1S/C10H9F2NO2/c1-10(11,12)9-4-2-3-8(7-9)5-6-13(14)15/h2-7H,1H3/b6-5+. The largest absolute Gasteiger partial charge is 0.270 e. The van der Waals surface area contributed by atoms with E-state index in [0.717, 1.165) is 6.92 Å². The molecule has 0 unspecified atom stereocenters. The highest BCUT2D eigenvalue weighted by molar-refractivity contribution is 5.49. The van der Waals surface area contributed by atoms with Gasteiger partial charge >= 0.3 is 0 Å². The summed E-state index contributed by atoms with van der Waals surface area (Å²) < 4.78 is 25.8. The summed E-state index contributed by atoms with van der Waals surface area (Å²) in [6.45, 7) is 0.781. The lowest BCUT2D eigenvalue weighted by Gasteiger charge is -2.10. The van der Waals surface area contributed by atoms with E-state index in [1.54, 1.807) is 0 Å². The third-order valence-electron chi connectivity index (χ3n) is 1.78. The van der Waals surface area contributed by atoms with E-state index in [2.05, 4.69) is 0 Å². The lowest BCUT2D eigenvalue weighted by molar-refractivity contribution is -0.400. The molecule has 0 saturated heterocycles. The molecule has 3 nitrogen and oxygen atoms in total. The highest BCUT2D eigenvalue weighted by Crippen LogP contribution is 2.27. The van der Waals surface area contributed by atoms with Crippen LogP contribution in [-0.4, -0.2) is 4.92 Å². The van der Waals surface area contributed by atoms with Crippen molar-refractivity contribution >= 4 is 6.08 Å². The van der Waals surface area contributed by atoms with Crippen LogP contribution in [0.5, 0.6) is 0 Å². The quantitative estimate of drug-likeness (QED) is 0.572. The second kappa shape index (κ2) is 4.16. The van der Waals surface area contributed by atoms with Crippen LogP contribution >= 0.6 is 0 Å². The van der Waals surface area contributed by atoms with Crippen molar-refractivity contribution in [1.29, 1.82) is 0 Å². The van der Waals surface area contributed by atoms with Gasteiger partial charge in [0.1, 0.15) is 0 Å². The van der Waals surface area contributed by atoms with E-state index >= 15 is 0 Å². The zero-order chi connectivity index (χ0) is 11.5. The molecule has 0 spiro atoms. The third-order valence-corrected chi connectivity index (χ3v) is 1.78. The normalized spacial score (nSPS) is 11.9. The summed E-state index contributed by atoms with van der Waals surface area (Å²) in [7, 11) is 0. The number of benzene rings is 1. The average Bonchev–Trinajstić information content (AvgIpc) is 2.14. The minimum atomic E-state index is -2.93. The van der Waals surface area contributed by atoms with Gasteiger partial charge in [0.25, 0.3) is 5.92 Å². The van der Waals surface area contributed by atoms with Crippen molar-refractivity contribution in [2.45, 2.75) is 12.8 Å². The Labute approximate surface area is 85.2 Å². The highest BCUT2D eigenvalue weighted by Gasteiger charge is 2.23. The van der Waals surface area contributed by atoms with Gasteiger partial charge in [0.2, 0.25) is 6.20 Å². The summed E-state index contributed by atoms with van der Waals surface area (Å²) >= 11 is 0. The van der Waals surface area contributed by atoms with Gasteiger partial charge in [-0.15, -0.1) is 0 Å². The van der Waals surface area contributed by atoms with E-state index in [4.69, 9.17) is 0 Å². The molecule has 80 valence electrons. The van der Waals surface area contributed by atoms with Crippen LogP contribution in [0.25, 0.3) is 6.08 Å². The number of rotatable bonds is 3. The van der Waals surface area contributed by atoms with E-state index in [0.29, 0.717) is 11.8 Å². The summed E-state index contributed by atoms with van der Waals surface area (Å²) in [6.07, 6.45) is 1.89. The molecule has 1 aromatic rings. The van der Waals surface area contributed by atoms with Gasteiger partial charge in [-0.05, 0) is 11.6 Å². The first-order valence-corrected chi connectivity index (χ1v) is 4.19. The van der Waals surface area contributed by atoms with Crippen LogP contribution in [0, 0.1) is 10.1 Å². The van der Waals surface area contributed by atoms with Crippen LogP contribution < -0.4 is 0 Å². The Kier molecular flexibility index (Phi) is 3.14. The van der Waals surface area contributed by atoms with Crippen LogP contribution in [0.3, 0.4) is 0 Å². The fourth-order valence-corrected chi connectivity index (χ4v) is 1.06. The maximum Gasteiger partial charge on any atom is 0.270 e. The molecule has 1 rings (SSSR count). The molecule has 0 aliphatic carbocycles. The van der Waals surface area contributed by atoms with Gasteiger partial charge < -0.3 is 0 Å². The molecular weight excluding hydrogens is 204 g/mol. The summed E-state index contributed by atoms with van der Waals surface area (Å²) in [5.74, 6) is -2.93. The Hall–Kier alpha value is -1.78. The Morgan fingerprint density at radius 3 is 2.67 bits per heavy atom. The first kappa shape index (κ1) is 11.3. The molecule has 0 fully saturated rings. The molecule has 1 aromatic carbocycles. The molecule has 15 heavy (non-hydrogen) atoms. The monoisotopic (exact) mass is 213 g/mol. The maximum absolute atomic E-state index is 12.9. The summed E-state index contributed by atoms with van der Waals surface area (Å²) in [5.41, 5.74) is 0.221. The highest BCUT2D eigenvalue weighted by atomic mass is 19.3. The predicted octanol–water partition coefficient (Wildman–Crippen LogP) is 3.05. The van der Waals surface area contributed by atoms with Gasteiger partial charge in [-0.25, -0.2) is 8.78 Å². The van der Waals surface area contributed by atoms with Crippen molar-refractivity contribution in [3.05, 3.63) is 51.7 Å². The summed E-state index contributed by atoms with van der Waals surface area (Å²) in [4.78, 5) is 9.38. The van der Waals surface area contributed by atoms with Crippen LogP contribution in [0.4, 0.5) is 8.78 Å². The van der Waals surface area contributed by atoms with E-state index in [1.165, 1.54) is 30.3 Å². The Morgan fingerprint density at radius 2 is 2.13 bits per heavy atom. The number of nitrogens with zero attached hydrogens (tertiary/aromatic N) is 1. The Morgan fingerprint density at radius 1 is 1.47 bits per heavy atom. The molecule has 0 atom stereocenters. The zero-order valence-corrected chi connectivity index (χ0v) is 7.98. The molecule has 0 aliphatic rings. The molecule has 0 saturated carbocycles. The van der Waals surface area contributed by atoms with Crippen LogP contribution in [0.2, 0.25) is 0 Å². The molecule has 0 N–H and O–H groups in total. The molecular formula is C10H9F2NO2. The third kappa shape index (κ3) is 3.46. The molecule has 5 heteroatoms. The molecule has 0 bridgehead atoms. The lowest BCUT2D eigenvalue weighted by atomic mass is 10.1. The molecule has 0 heterocycles. The van der Waals surface area contributed by atoms with Gasteiger partial charge in [0.15, 0.2) is 0 Å². The fourth-order valence-electron chi connectivity index (χ4n) is 1.06. The maximum atomic E-state index is 12.9. The number of halogens is 2. The molecule has 0 amide bonds. The SMILES string of the molecule is CC(F)(F)c1cccc(/C=C/[N+](=O)[O-])c1. The second-order valence-corrected chi connectivity index (χ2v) is 3.11.